The van der Waals surface area contributed by atoms with Gasteiger partial charge in [-0.1, -0.05) is 26.0 Å². The number of hydrogen-bond donors (Lipinski definition) is 1. The minimum atomic E-state index is 0. The molecule has 0 aliphatic rings. The maximum atomic E-state index is 4.59. The van der Waals surface area contributed by atoms with Gasteiger partial charge in [-0.3, -0.25) is 9.67 Å². The predicted molar refractivity (Wildman–Crippen MR) is 125 cm³/mol. The number of rotatable bonds is 6. The number of benzene rings is 1. The van der Waals surface area contributed by atoms with Crippen molar-refractivity contribution in [1.82, 2.24) is 20.0 Å². The van der Waals surface area contributed by atoms with Crippen LogP contribution < -0.4 is 10.2 Å². The van der Waals surface area contributed by atoms with Crippen molar-refractivity contribution in [3.05, 3.63) is 47.3 Å². The number of aromatic nitrogens is 2. The Morgan fingerprint density at radius 1 is 1.26 bits per heavy atom. The van der Waals surface area contributed by atoms with Crippen molar-refractivity contribution in [2.75, 3.05) is 33.1 Å². The van der Waals surface area contributed by atoms with Gasteiger partial charge in [0.2, 0.25) is 0 Å². The molecule has 7 heteroatoms. The van der Waals surface area contributed by atoms with Crippen molar-refractivity contribution in [2.45, 2.75) is 32.9 Å². The molecule has 2 aromatic rings. The van der Waals surface area contributed by atoms with E-state index in [0.717, 1.165) is 24.7 Å². The topological polar surface area (TPSA) is 48.7 Å². The lowest BCUT2D eigenvalue weighted by Gasteiger charge is -2.23. The van der Waals surface area contributed by atoms with Gasteiger partial charge in [-0.25, -0.2) is 0 Å². The number of halogens is 1. The number of anilines is 1. The van der Waals surface area contributed by atoms with Crippen molar-refractivity contribution >= 4 is 35.6 Å². The van der Waals surface area contributed by atoms with Crippen LogP contribution in [0.3, 0.4) is 0 Å². The van der Waals surface area contributed by atoms with Gasteiger partial charge in [-0.2, -0.15) is 5.10 Å². The zero-order chi connectivity index (χ0) is 19.3. The van der Waals surface area contributed by atoms with E-state index in [4.69, 9.17) is 0 Å². The Morgan fingerprint density at radius 2 is 1.96 bits per heavy atom. The van der Waals surface area contributed by atoms with Gasteiger partial charge < -0.3 is 15.1 Å². The van der Waals surface area contributed by atoms with Gasteiger partial charge in [0.15, 0.2) is 5.96 Å². The van der Waals surface area contributed by atoms with E-state index in [1.165, 1.54) is 16.8 Å². The second-order valence-corrected chi connectivity index (χ2v) is 7.19. The molecule has 0 aliphatic heterocycles. The molecule has 1 heterocycles. The van der Waals surface area contributed by atoms with Crippen LogP contribution in [0.5, 0.6) is 0 Å². The van der Waals surface area contributed by atoms with Crippen LogP contribution in [0, 0.1) is 0 Å². The van der Waals surface area contributed by atoms with Gasteiger partial charge in [0.1, 0.15) is 0 Å². The highest BCUT2D eigenvalue weighted by Crippen LogP contribution is 2.18. The smallest absolute Gasteiger partial charge is 0.193 e. The van der Waals surface area contributed by atoms with Gasteiger partial charge >= 0.3 is 0 Å². The van der Waals surface area contributed by atoms with E-state index < -0.39 is 0 Å². The third kappa shape index (κ3) is 6.41. The Balaban J connectivity index is 0.00000364. The summed E-state index contributed by atoms with van der Waals surface area (Å²) >= 11 is 0. The Labute approximate surface area is 180 Å². The maximum absolute atomic E-state index is 4.59. The van der Waals surface area contributed by atoms with Gasteiger partial charge in [-0.15, -0.1) is 24.0 Å². The second-order valence-electron chi connectivity index (χ2n) is 7.19. The van der Waals surface area contributed by atoms with E-state index in [1.807, 2.05) is 18.8 Å². The van der Waals surface area contributed by atoms with E-state index in [2.05, 4.69) is 90.7 Å². The van der Waals surface area contributed by atoms with Gasteiger partial charge in [0.25, 0.3) is 0 Å². The van der Waals surface area contributed by atoms with Gasteiger partial charge in [-0.05, 0) is 23.6 Å². The predicted octanol–water partition coefficient (Wildman–Crippen LogP) is 3.43. The lowest BCUT2D eigenvalue weighted by atomic mass is 10.1. The molecule has 0 radical (unpaired) electrons. The first kappa shape index (κ1) is 23.3. The molecule has 150 valence electrons. The molecule has 0 bridgehead atoms. The van der Waals surface area contributed by atoms with Crippen LogP contribution >= 0.6 is 24.0 Å². The average Bonchev–Trinajstić information content (AvgIpc) is 2.96. The minimum Gasteiger partial charge on any atom is -0.378 e. The highest BCUT2D eigenvalue weighted by Gasteiger charge is 2.15. The largest absolute Gasteiger partial charge is 0.378 e. The molecule has 1 aromatic carbocycles. The van der Waals surface area contributed by atoms with E-state index in [9.17, 15) is 0 Å². The average molecular weight is 484 g/mol. The molecule has 0 spiro atoms. The Kier molecular flexibility index (Phi) is 9.08. The molecule has 0 saturated carbocycles. The van der Waals surface area contributed by atoms with Crippen molar-refractivity contribution in [3.8, 4) is 0 Å². The maximum Gasteiger partial charge on any atom is 0.193 e. The summed E-state index contributed by atoms with van der Waals surface area (Å²) < 4.78 is 1.89. The summed E-state index contributed by atoms with van der Waals surface area (Å²) in [5.41, 5.74) is 4.82. The number of aliphatic imine (C=N–C) groups is 1. The molecular weight excluding hydrogens is 451 g/mol. The lowest BCUT2D eigenvalue weighted by Crippen LogP contribution is -2.38. The fraction of sp³-hybridized carbons (Fsp3) is 0.500. The molecule has 1 aromatic heterocycles. The molecule has 27 heavy (non-hydrogen) atoms. The summed E-state index contributed by atoms with van der Waals surface area (Å²) in [6, 6.07) is 8.52. The molecule has 0 amide bonds. The summed E-state index contributed by atoms with van der Waals surface area (Å²) in [7, 11) is 9.96. The van der Waals surface area contributed by atoms with E-state index in [-0.39, 0.29) is 24.0 Å². The fourth-order valence-corrected chi connectivity index (χ4v) is 3.00. The first-order chi connectivity index (χ1) is 12.3. The standard InChI is InChI=1S/C20H32N6.HI/c1-15(2)19-17(14-26(7)23-19)13-25(6)20(21-3)22-12-16-9-8-10-18(11-16)24(4)5;/h8-11,14-15H,12-13H2,1-7H3,(H,21,22);1H. The lowest BCUT2D eigenvalue weighted by molar-refractivity contribution is 0.473. The third-order valence-electron chi connectivity index (χ3n) is 4.34. The Hall–Kier alpha value is -1.77. The van der Waals surface area contributed by atoms with Crippen LogP contribution in [0.2, 0.25) is 0 Å². The molecule has 0 aliphatic carbocycles. The van der Waals surface area contributed by atoms with Crippen LogP contribution in [-0.4, -0.2) is 48.8 Å². The molecular formula is C20H33IN6. The molecule has 0 saturated heterocycles. The first-order valence-electron chi connectivity index (χ1n) is 9.02. The van der Waals surface area contributed by atoms with E-state index >= 15 is 0 Å². The van der Waals surface area contributed by atoms with Gasteiger partial charge in [0.05, 0.1) is 5.69 Å². The molecule has 0 fully saturated rings. The molecule has 1 N–H and O–H groups in total. The van der Waals surface area contributed by atoms with E-state index in [1.54, 1.807) is 0 Å². The van der Waals surface area contributed by atoms with Crippen LogP contribution in [-0.2, 0) is 20.1 Å². The fourth-order valence-electron chi connectivity index (χ4n) is 3.00. The van der Waals surface area contributed by atoms with Crippen LogP contribution in [0.25, 0.3) is 0 Å². The molecule has 0 atom stereocenters. The number of nitrogens with zero attached hydrogens (tertiary/aromatic N) is 5. The summed E-state index contributed by atoms with van der Waals surface area (Å²) in [6.07, 6.45) is 2.10. The van der Waals surface area contributed by atoms with Crippen LogP contribution in [0.1, 0.15) is 36.6 Å². The first-order valence-corrected chi connectivity index (χ1v) is 9.02. The molecule has 2 rings (SSSR count). The minimum absolute atomic E-state index is 0. The normalized spacial score (nSPS) is 11.3. The molecule has 0 unspecified atom stereocenters. The van der Waals surface area contributed by atoms with Crippen molar-refractivity contribution in [1.29, 1.82) is 0 Å². The third-order valence-corrected chi connectivity index (χ3v) is 4.34. The van der Waals surface area contributed by atoms with Crippen LogP contribution in [0.4, 0.5) is 5.69 Å². The monoisotopic (exact) mass is 484 g/mol. The summed E-state index contributed by atoms with van der Waals surface area (Å²) in [6.45, 7) is 5.87. The number of hydrogen-bond acceptors (Lipinski definition) is 3. The zero-order valence-electron chi connectivity index (χ0n) is 17.5. The zero-order valence-corrected chi connectivity index (χ0v) is 19.9. The highest BCUT2D eigenvalue weighted by atomic mass is 127. The van der Waals surface area contributed by atoms with E-state index in [0.29, 0.717) is 5.92 Å². The summed E-state index contributed by atoms with van der Waals surface area (Å²) in [5, 5.41) is 8.05. The second kappa shape index (κ2) is 10.5. The number of aryl methyl sites for hydroxylation is 1. The molecule has 6 nitrogen and oxygen atoms in total. The SMILES string of the molecule is CN=C(NCc1cccc(N(C)C)c1)N(C)Cc1cn(C)nc1C(C)C.I. The summed E-state index contributed by atoms with van der Waals surface area (Å²) in [5.74, 6) is 1.28. The Morgan fingerprint density at radius 3 is 2.56 bits per heavy atom. The summed E-state index contributed by atoms with van der Waals surface area (Å²) in [4.78, 5) is 8.68. The highest BCUT2D eigenvalue weighted by molar-refractivity contribution is 14.0. The van der Waals surface area contributed by atoms with Crippen molar-refractivity contribution < 1.29 is 0 Å². The van der Waals surface area contributed by atoms with Gasteiger partial charge in [0, 0.05) is 65.8 Å². The number of guanidine groups is 1. The quantitative estimate of drug-likeness (QED) is 0.388. The van der Waals surface area contributed by atoms with Crippen molar-refractivity contribution in [3.63, 3.8) is 0 Å². The van der Waals surface area contributed by atoms with Crippen molar-refractivity contribution in [2.24, 2.45) is 12.0 Å². The Bertz CT molecular complexity index is 751. The number of nitrogens with one attached hydrogen (secondary N) is 1. The van der Waals surface area contributed by atoms with Crippen LogP contribution in [0.15, 0.2) is 35.5 Å².